The van der Waals surface area contributed by atoms with Crippen LogP contribution in [-0.4, -0.2) is 27.6 Å². The van der Waals surface area contributed by atoms with Crippen LogP contribution >= 0.6 is 23.4 Å². The van der Waals surface area contributed by atoms with Crippen LogP contribution in [0.3, 0.4) is 0 Å². The predicted molar refractivity (Wildman–Crippen MR) is 103 cm³/mol. The van der Waals surface area contributed by atoms with Crippen molar-refractivity contribution in [1.29, 1.82) is 0 Å². The van der Waals surface area contributed by atoms with Crippen LogP contribution in [0, 0.1) is 0 Å². The van der Waals surface area contributed by atoms with Crippen LogP contribution in [0.1, 0.15) is 20.7 Å². The second-order valence-corrected chi connectivity index (χ2v) is 6.73. The maximum absolute atomic E-state index is 12.1. The van der Waals surface area contributed by atoms with Crippen LogP contribution in [-0.2, 0) is 0 Å². The fraction of sp³-hybridized carbons (Fsp3) is 0.0526. The Morgan fingerprint density at radius 1 is 0.885 bits per heavy atom. The molecule has 0 unspecified atom stereocenters. The van der Waals surface area contributed by atoms with Crippen molar-refractivity contribution in [3.05, 3.63) is 82.9 Å². The molecule has 3 rings (SSSR count). The average Bonchev–Trinajstić information content (AvgIpc) is 2.68. The zero-order valence-electron chi connectivity index (χ0n) is 13.6. The lowest BCUT2D eigenvalue weighted by molar-refractivity contribution is 0.101. The number of nitrogens with one attached hydrogen (secondary N) is 1. The summed E-state index contributed by atoms with van der Waals surface area (Å²) in [6.07, 6.45) is 0. The summed E-state index contributed by atoms with van der Waals surface area (Å²) in [5.41, 5.74) is 1.14. The van der Waals surface area contributed by atoms with Crippen molar-refractivity contribution in [3.63, 3.8) is 0 Å². The minimum atomic E-state index is -0.252. The van der Waals surface area contributed by atoms with E-state index in [0.717, 1.165) is 0 Å². The van der Waals surface area contributed by atoms with E-state index in [-0.39, 0.29) is 17.4 Å². The molecule has 3 aromatic rings. The SMILES string of the molecule is O=C(CSc1ccc(NC(=O)c2ccccc2)nn1)c1ccc(Cl)cc1. The third-order valence-electron chi connectivity index (χ3n) is 3.43. The number of hydrogen-bond donors (Lipinski definition) is 1. The van der Waals surface area contributed by atoms with Crippen molar-refractivity contribution >= 4 is 40.9 Å². The first-order valence-electron chi connectivity index (χ1n) is 7.73. The smallest absolute Gasteiger partial charge is 0.256 e. The highest BCUT2D eigenvalue weighted by Crippen LogP contribution is 2.18. The molecular formula is C19H14ClN3O2S. The molecule has 0 aliphatic rings. The second kappa shape index (κ2) is 8.60. The number of nitrogens with zero attached hydrogens (tertiary/aromatic N) is 2. The first-order valence-corrected chi connectivity index (χ1v) is 9.10. The second-order valence-electron chi connectivity index (χ2n) is 5.30. The fourth-order valence-electron chi connectivity index (χ4n) is 2.10. The first-order chi connectivity index (χ1) is 12.6. The van der Waals surface area contributed by atoms with Gasteiger partial charge in [0.05, 0.1) is 5.75 Å². The van der Waals surface area contributed by atoms with Crippen molar-refractivity contribution in [2.45, 2.75) is 5.03 Å². The minimum absolute atomic E-state index is 0.0186. The maximum Gasteiger partial charge on any atom is 0.256 e. The number of rotatable bonds is 6. The highest BCUT2D eigenvalue weighted by atomic mass is 35.5. The van der Waals surface area contributed by atoms with Crippen molar-refractivity contribution in [2.24, 2.45) is 0 Å². The van der Waals surface area contributed by atoms with Gasteiger partial charge in [0.1, 0.15) is 5.03 Å². The number of carbonyl (C=O) groups is 2. The van der Waals surface area contributed by atoms with Crippen LogP contribution in [0.5, 0.6) is 0 Å². The van der Waals surface area contributed by atoms with Crippen molar-refractivity contribution in [3.8, 4) is 0 Å². The summed E-state index contributed by atoms with van der Waals surface area (Å²) in [4.78, 5) is 24.2. The first kappa shape index (κ1) is 18.1. The number of benzene rings is 2. The molecule has 1 amide bonds. The molecule has 5 nitrogen and oxygen atoms in total. The zero-order chi connectivity index (χ0) is 18.4. The number of carbonyl (C=O) groups excluding carboxylic acids is 2. The van der Waals surface area contributed by atoms with Crippen molar-refractivity contribution in [1.82, 2.24) is 10.2 Å². The Morgan fingerprint density at radius 2 is 1.62 bits per heavy atom. The standard InChI is InChI=1S/C19H14ClN3O2S/c20-15-8-6-13(7-9-15)16(24)12-26-18-11-10-17(22-23-18)21-19(25)14-4-2-1-3-5-14/h1-11H,12H2,(H,21,22,25). The number of Topliss-reactive ketones (excluding diaryl/α,β-unsaturated/α-hetero) is 1. The minimum Gasteiger partial charge on any atom is -0.305 e. The van der Waals surface area contributed by atoms with Gasteiger partial charge in [0.25, 0.3) is 5.91 Å². The Labute approximate surface area is 159 Å². The van der Waals surface area contributed by atoms with Gasteiger partial charge in [-0.25, -0.2) is 0 Å². The van der Waals surface area contributed by atoms with Gasteiger partial charge in [0, 0.05) is 16.1 Å². The van der Waals surface area contributed by atoms with Gasteiger partial charge in [-0.3, -0.25) is 9.59 Å². The molecule has 1 N–H and O–H groups in total. The van der Waals surface area contributed by atoms with E-state index < -0.39 is 0 Å². The quantitative estimate of drug-likeness (QED) is 0.506. The van der Waals surface area contributed by atoms with Crippen LogP contribution in [0.4, 0.5) is 5.82 Å². The van der Waals surface area contributed by atoms with Gasteiger partial charge in [-0.05, 0) is 48.5 Å². The van der Waals surface area contributed by atoms with Gasteiger partial charge in [0.15, 0.2) is 11.6 Å². The molecule has 7 heteroatoms. The van der Waals surface area contributed by atoms with Crippen molar-refractivity contribution in [2.75, 3.05) is 11.1 Å². The number of anilines is 1. The Morgan fingerprint density at radius 3 is 2.27 bits per heavy atom. The Kier molecular flexibility index (Phi) is 5.99. The third-order valence-corrected chi connectivity index (χ3v) is 4.61. The lowest BCUT2D eigenvalue weighted by atomic mass is 10.1. The number of hydrogen-bond acceptors (Lipinski definition) is 5. The number of ketones is 1. The molecule has 0 radical (unpaired) electrons. The van der Waals surface area contributed by atoms with E-state index in [1.54, 1.807) is 60.7 Å². The highest BCUT2D eigenvalue weighted by molar-refractivity contribution is 7.99. The van der Waals surface area contributed by atoms with E-state index >= 15 is 0 Å². The van der Waals surface area contributed by atoms with Crippen LogP contribution in [0.25, 0.3) is 0 Å². The molecule has 0 saturated carbocycles. The zero-order valence-corrected chi connectivity index (χ0v) is 15.1. The number of aromatic nitrogens is 2. The van der Waals surface area contributed by atoms with E-state index in [1.165, 1.54) is 11.8 Å². The number of amides is 1. The summed E-state index contributed by atoms with van der Waals surface area (Å²) in [5, 5.41) is 11.9. The molecule has 0 atom stereocenters. The molecule has 130 valence electrons. The van der Waals surface area contributed by atoms with E-state index in [9.17, 15) is 9.59 Å². The van der Waals surface area contributed by atoms with E-state index in [1.807, 2.05) is 6.07 Å². The van der Waals surface area contributed by atoms with E-state index in [2.05, 4.69) is 15.5 Å². The van der Waals surface area contributed by atoms with Gasteiger partial charge < -0.3 is 5.32 Å². The Bertz CT molecular complexity index is 900. The largest absolute Gasteiger partial charge is 0.305 e. The molecule has 1 aromatic heterocycles. The van der Waals surface area contributed by atoms with Gasteiger partial charge in [0.2, 0.25) is 0 Å². The topological polar surface area (TPSA) is 72.0 Å². The van der Waals surface area contributed by atoms with Gasteiger partial charge in [-0.1, -0.05) is 41.6 Å². The van der Waals surface area contributed by atoms with Gasteiger partial charge in [-0.2, -0.15) is 0 Å². The van der Waals surface area contributed by atoms with E-state index in [0.29, 0.717) is 27.0 Å². The summed E-state index contributed by atoms with van der Waals surface area (Å²) < 4.78 is 0. The molecule has 0 fully saturated rings. The molecule has 0 bridgehead atoms. The lowest BCUT2D eigenvalue weighted by Gasteiger charge is -2.05. The summed E-state index contributed by atoms with van der Waals surface area (Å²) in [6, 6.07) is 19.0. The van der Waals surface area contributed by atoms with Gasteiger partial charge in [-0.15, -0.1) is 10.2 Å². The summed E-state index contributed by atoms with van der Waals surface area (Å²) >= 11 is 7.10. The predicted octanol–water partition coefficient (Wildman–Crippen LogP) is 4.36. The Hall–Kier alpha value is -2.70. The summed E-state index contributed by atoms with van der Waals surface area (Å²) in [6.45, 7) is 0. The Balaban J connectivity index is 1.55. The molecule has 0 aliphatic carbocycles. The lowest BCUT2D eigenvalue weighted by Crippen LogP contribution is -2.13. The number of thioether (sulfide) groups is 1. The van der Waals surface area contributed by atoms with Crippen molar-refractivity contribution < 1.29 is 9.59 Å². The van der Waals surface area contributed by atoms with Crippen LogP contribution in [0.15, 0.2) is 71.8 Å². The normalized spacial score (nSPS) is 10.3. The molecule has 0 aliphatic heterocycles. The molecule has 26 heavy (non-hydrogen) atoms. The maximum atomic E-state index is 12.1. The van der Waals surface area contributed by atoms with Crippen LogP contribution < -0.4 is 5.32 Å². The van der Waals surface area contributed by atoms with Gasteiger partial charge >= 0.3 is 0 Å². The average molecular weight is 384 g/mol. The highest BCUT2D eigenvalue weighted by Gasteiger charge is 2.09. The molecule has 2 aromatic carbocycles. The third kappa shape index (κ3) is 4.91. The number of halogens is 1. The molecule has 0 saturated heterocycles. The summed E-state index contributed by atoms with van der Waals surface area (Å²) in [7, 11) is 0. The van der Waals surface area contributed by atoms with E-state index in [4.69, 9.17) is 11.6 Å². The monoisotopic (exact) mass is 383 g/mol. The van der Waals surface area contributed by atoms with Crippen LogP contribution in [0.2, 0.25) is 5.02 Å². The fourth-order valence-corrected chi connectivity index (χ4v) is 2.93. The molecule has 1 heterocycles. The summed E-state index contributed by atoms with van der Waals surface area (Å²) in [5.74, 6) is 0.326. The molecular weight excluding hydrogens is 370 g/mol. The molecule has 0 spiro atoms.